The Morgan fingerprint density at radius 2 is 1.73 bits per heavy atom. The first-order valence-electron chi connectivity index (χ1n) is 9.93. The smallest absolute Gasteiger partial charge is 0.321 e. The van der Waals surface area contributed by atoms with E-state index in [1.54, 1.807) is 11.9 Å². The number of carbonyl (C=O) groups excluding carboxylic acids is 2. The van der Waals surface area contributed by atoms with Gasteiger partial charge in [0, 0.05) is 43.9 Å². The standard InChI is InChI=1S/C22H25N3O4S/c1-24(14-17-4-7-19-20(12-17)29-15-28-19)22(27)23-18-5-2-16(3-6-18)13-21(26)25-8-10-30-11-9-25/h2-7,12H,8-11,13-15H2,1H3,(H,23,27). The zero-order chi connectivity index (χ0) is 20.9. The van der Waals surface area contributed by atoms with Crippen molar-refractivity contribution in [2.75, 3.05) is 43.8 Å². The van der Waals surface area contributed by atoms with Gasteiger partial charge in [0.2, 0.25) is 12.7 Å². The lowest BCUT2D eigenvalue weighted by Crippen LogP contribution is -2.38. The Hall–Kier alpha value is -2.87. The molecule has 0 bridgehead atoms. The van der Waals surface area contributed by atoms with Gasteiger partial charge in [-0.1, -0.05) is 18.2 Å². The second-order valence-electron chi connectivity index (χ2n) is 7.34. The van der Waals surface area contributed by atoms with Gasteiger partial charge in [-0.2, -0.15) is 11.8 Å². The first-order chi connectivity index (χ1) is 14.6. The molecule has 0 spiro atoms. The van der Waals surface area contributed by atoms with Gasteiger partial charge in [-0.15, -0.1) is 0 Å². The van der Waals surface area contributed by atoms with Crippen molar-refractivity contribution in [3.05, 3.63) is 53.6 Å². The molecule has 2 aromatic rings. The summed E-state index contributed by atoms with van der Waals surface area (Å²) in [5.41, 5.74) is 2.61. The summed E-state index contributed by atoms with van der Waals surface area (Å²) in [7, 11) is 1.74. The van der Waals surface area contributed by atoms with Crippen LogP contribution in [-0.2, 0) is 17.8 Å². The van der Waals surface area contributed by atoms with Crippen molar-refractivity contribution in [2.45, 2.75) is 13.0 Å². The maximum absolute atomic E-state index is 12.5. The largest absolute Gasteiger partial charge is 0.454 e. The fourth-order valence-electron chi connectivity index (χ4n) is 3.41. The van der Waals surface area contributed by atoms with Gasteiger partial charge >= 0.3 is 6.03 Å². The van der Waals surface area contributed by atoms with Gasteiger partial charge in [-0.05, 0) is 35.4 Å². The summed E-state index contributed by atoms with van der Waals surface area (Å²) in [6.45, 7) is 2.33. The Morgan fingerprint density at radius 1 is 1.03 bits per heavy atom. The summed E-state index contributed by atoms with van der Waals surface area (Å²) < 4.78 is 10.7. The molecule has 4 rings (SSSR count). The molecule has 1 N–H and O–H groups in total. The molecule has 1 fully saturated rings. The predicted molar refractivity (Wildman–Crippen MR) is 117 cm³/mol. The van der Waals surface area contributed by atoms with E-state index in [1.807, 2.05) is 59.1 Å². The number of carbonyl (C=O) groups is 2. The molecular formula is C22H25N3O4S. The van der Waals surface area contributed by atoms with E-state index in [9.17, 15) is 9.59 Å². The van der Waals surface area contributed by atoms with Crippen LogP contribution in [0.15, 0.2) is 42.5 Å². The van der Waals surface area contributed by atoms with E-state index in [-0.39, 0.29) is 18.7 Å². The fraction of sp³-hybridized carbons (Fsp3) is 0.364. The van der Waals surface area contributed by atoms with Crippen LogP contribution in [0.25, 0.3) is 0 Å². The first kappa shape index (κ1) is 20.4. The monoisotopic (exact) mass is 427 g/mol. The molecule has 3 amide bonds. The van der Waals surface area contributed by atoms with E-state index in [4.69, 9.17) is 9.47 Å². The summed E-state index contributed by atoms with van der Waals surface area (Å²) in [5, 5.41) is 2.89. The lowest BCUT2D eigenvalue weighted by molar-refractivity contribution is -0.130. The van der Waals surface area contributed by atoms with E-state index < -0.39 is 0 Å². The minimum Gasteiger partial charge on any atom is -0.454 e. The summed E-state index contributed by atoms with van der Waals surface area (Å²) in [5.74, 6) is 3.61. The molecule has 8 heteroatoms. The zero-order valence-corrected chi connectivity index (χ0v) is 17.7. The quantitative estimate of drug-likeness (QED) is 0.794. The lowest BCUT2D eigenvalue weighted by atomic mass is 10.1. The number of nitrogens with one attached hydrogen (secondary N) is 1. The minimum atomic E-state index is -0.206. The van der Waals surface area contributed by atoms with Crippen LogP contribution in [-0.4, -0.2) is 60.2 Å². The topological polar surface area (TPSA) is 71.1 Å². The van der Waals surface area contributed by atoms with Crippen LogP contribution in [0.2, 0.25) is 0 Å². The van der Waals surface area contributed by atoms with Gasteiger partial charge in [0.05, 0.1) is 6.42 Å². The van der Waals surface area contributed by atoms with E-state index in [0.717, 1.165) is 41.5 Å². The molecule has 2 aliphatic heterocycles. The molecule has 1 saturated heterocycles. The van der Waals surface area contributed by atoms with Crippen LogP contribution < -0.4 is 14.8 Å². The number of anilines is 1. The van der Waals surface area contributed by atoms with Gasteiger partial charge in [0.25, 0.3) is 0 Å². The molecule has 2 aliphatic rings. The minimum absolute atomic E-state index is 0.163. The first-order valence-corrected chi connectivity index (χ1v) is 11.1. The maximum atomic E-state index is 12.5. The number of benzene rings is 2. The molecule has 0 saturated carbocycles. The van der Waals surface area contributed by atoms with E-state index in [0.29, 0.717) is 24.4 Å². The normalized spacial score (nSPS) is 15.0. The van der Waals surface area contributed by atoms with Crippen LogP contribution in [0.3, 0.4) is 0 Å². The average molecular weight is 428 g/mol. The van der Waals surface area contributed by atoms with Crippen molar-refractivity contribution < 1.29 is 19.1 Å². The summed E-state index contributed by atoms with van der Waals surface area (Å²) in [6, 6.07) is 12.9. The molecule has 0 unspecified atom stereocenters. The van der Waals surface area contributed by atoms with Gasteiger partial charge in [-0.3, -0.25) is 4.79 Å². The highest BCUT2D eigenvalue weighted by molar-refractivity contribution is 7.99. The predicted octanol–water partition coefficient (Wildman–Crippen LogP) is 3.20. The van der Waals surface area contributed by atoms with Crippen LogP contribution in [0.4, 0.5) is 10.5 Å². The Morgan fingerprint density at radius 3 is 2.50 bits per heavy atom. The maximum Gasteiger partial charge on any atom is 0.321 e. The highest BCUT2D eigenvalue weighted by Gasteiger charge is 2.18. The number of fused-ring (bicyclic) bond motifs is 1. The van der Waals surface area contributed by atoms with Crippen LogP contribution >= 0.6 is 11.8 Å². The summed E-state index contributed by atoms with van der Waals surface area (Å²) >= 11 is 1.89. The molecule has 0 aromatic heterocycles. The SMILES string of the molecule is CN(Cc1ccc2c(c1)OCO2)C(=O)Nc1ccc(CC(=O)N2CCSCC2)cc1. The van der Waals surface area contributed by atoms with Gasteiger partial charge < -0.3 is 24.6 Å². The zero-order valence-electron chi connectivity index (χ0n) is 16.9. The Balaban J connectivity index is 1.29. The molecule has 2 aromatic carbocycles. The molecule has 7 nitrogen and oxygen atoms in total. The third-order valence-corrected chi connectivity index (χ3v) is 6.07. The van der Waals surface area contributed by atoms with Gasteiger partial charge in [0.15, 0.2) is 11.5 Å². The molecule has 0 radical (unpaired) electrons. The summed E-state index contributed by atoms with van der Waals surface area (Å²) in [6.07, 6.45) is 0.392. The highest BCUT2D eigenvalue weighted by atomic mass is 32.2. The van der Waals surface area contributed by atoms with Crippen molar-refractivity contribution in [1.29, 1.82) is 0 Å². The number of urea groups is 1. The Kier molecular flexibility index (Phi) is 6.32. The van der Waals surface area contributed by atoms with Crippen molar-refractivity contribution in [1.82, 2.24) is 9.80 Å². The third-order valence-electron chi connectivity index (χ3n) is 5.13. The lowest BCUT2D eigenvalue weighted by Gasteiger charge is -2.26. The van der Waals surface area contributed by atoms with Gasteiger partial charge in [-0.25, -0.2) is 4.79 Å². The van der Waals surface area contributed by atoms with Crippen LogP contribution in [0, 0.1) is 0 Å². The van der Waals surface area contributed by atoms with Crippen LogP contribution in [0.5, 0.6) is 11.5 Å². The Labute approximate surface area is 180 Å². The Bertz CT molecular complexity index is 913. The van der Waals surface area contributed by atoms with E-state index in [2.05, 4.69) is 5.32 Å². The van der Waals surface area contributed by atoms with Crippen molar-refractivity contribution in [2.24, 2.45) is 0 Å². The number of amides is 3. The number of rotatable bonds is 5. The molecule has 2 heterocycles. The van der Waals surface area contributed by atoms with Gasteiger partial charge in [0.1, 0.15) is 0 Å². The number of thioether (sulfide) groups is 1. The highest BCUT2D eigenvalue weighted by Crippen LogP contribution is 2.32. The molecule has 30 heavy (non-hydrogen) atoms. The van der Waals surface area contributed by atoms with Crippen LogP contribution in [0.1, 0.15) is 11.1 Å². The number of nitrogens with zero attached hydrogens (tertiary/aromatic N) is 2. The van der Waals surface area contributed by atoms with E-state index in [1.165, 1.54) is 0 Å². The van der Waals surface area contributed by atoms with Crippen molar-refractivity contribution in [3.8, 4) is 11.5 Å². The van der Waals surface area contributed by atoms with Crippen molar-refractivity contribution in [3.63, 3.8) is 0 Å². The number of hydrogen-bond acceptors (Lipinski definition) is 5. The number of ether oxygens (including phenoxy) is 2. The average Bonchev–Trinajstić information content (AvgIpc) is 3.23. The van der Waals surface area contributed by atoms with E-state index >= 15 is 0 Å². The third kappa shape index (κ3) is 4.99. The molecule has 0 aliphatic carbocycles. The number of hydrogen-bond donors (Lipinski definition) is 1. The fourth-order valence-corrected chi connectivity index (χ4v) is 4.31. The molecular weight excluding hydrogens is 402 g/mol. The summed E-state index contributed by atoms with van der Waals surface area (Å²) in [4.78, 5) is 28.4. The molecule has 0 atom stereocenters. The van der Waals surface area contributed by atoms with Crippen molar-refractivity contribution >= 4 is 29.4 Å². The second kappa shape index (κ2) is 9.30. The second-order valence-corrected chi connectivity index (χ2v) is 8.57. The molecule has 158 valence electrons.